The lowest BCUT2D eigenvalue weighted by atomic mass is 9.96. The normalized spacial score (nSPS) is 11.9. The number of hydrogen-bond acceptors (Lipinski definition) is 3. The summed E-state index contributed by atoms with van der Waals surface area (Å²) >= 11 is 5.17. The molecule has 1 rings (SSSR count). The first-order chi connectivity index (χ1) is 8.23. The molecule has 0 aliphatic carbocycles. The van der Waals surface area contributed by atoms with Crippen LogP contribution >= 0.6 is 12.2 Å². The smallest absolute Gasteiger partial charge is 0.225 e. The summed E-state index contributed by atoms with van der Waals surface area (Å²) in [5.41, 5.74) is -0.358. The molecule has 0 atom stereocenters. The van der Waals surface area contributed by atoms with Crippen molar-refractivity contribution in [3.63, 3.8) is 0 Å². The monoisotopic (exact) mass is 270 g/mol. The molecule has 102 valence electrons. The molecule has 5 nitrogen and oxygen atoms in total. The summed E-state index contributed by atoms with van der Waals surface area (Å²) in [7, 11) is 0. The molecule has 0 spiro atoms. The number of rotatable bonds is 4. The average Bonchev–Trinajstić information content (AvgIpc) is 2.58. The van der Waals surface area contributed by atoms with E-state index in [0.717, 1.165) is 5.82 Å². The highest BCUT2D eigenvalue weighted by atomic mass is 32.1. The Morgan fingerprint density at radius 1 is 1.50 bits per heavy atom. The van der Waals surface area contributed by atoms with E-state index in [1.807, 2.05) is 25.3 Å². The molecule has 1 heterocycles. The number of H-pyrrole nitrogens is 1. The van der Waals surface area contributed by atoms with Gasteiger partial charge in [0.05, 0.1) is 0 Å². The second-order valence-electron chi connectivity index (χ2n) is 5.66. The maximum absolute atomic E-state index is 11.7. The Kier molecular flexibility index (Phi) is 4.67. The van der Waals surface area contributed by atoms with Crippen molar-refractivity contribution >= 4 is 18.1 Å². The maximum Gasteiger partial charge on any atom is 0.225 e. The Labute approximate surface area is 113 Å². The van der Waals surface area contributed by atoms with Crippen LogP contribution in [0.5, 0.6) is 0 Å². The molecular formula is C12H22N4OS. The van der Waals surface area contributed by atoms with Crippen molar-refractivity contribution in [2.75, 3.05) is 6.54 Å². The van der Waals surface area contributed by atoms with Crippen LogP contribution in [0.15, 0.2) is 0 Å². The van der Waals surface area contributed by atoms with Crippen molar-refractivity contribution in [1.29, 1.82) is 0 Å². The Morgan fingerprint density at radius 3 is 2.61 bits per heavy atom. The summed E-state index contributed by atoms with van der Waals surface area (Å²) < 4.78 is 2.60. The minimum atomic E-state index is -0.358. The second-order valence-corrected chi connectivity index (χ2v) is 6.05. The van der Waals surface area contributed by atoms with Gasteiger partial charge in [-0.05, 0) is 26.1 Å². The standard InChI is InChI=1S/C12H22N4OS/c1-8(2)16-9(14-15-11(16)18)6-7-13-10(17)12(3,4)5/h8H,6-7H2,1-5H3,(H,13,17)(H,15,18). The van der Waals surface area contributed by atoms with Gasteiger partial charge in [-0.25, -0.2) is 0 Å². The summed E-state index contributed by atoms with van der Waals surface area (Å²) in [5, 5.41) is 9.89. The van der Waals surface area contributed by atoms with E-state index >= 15 is 0 Å². The van der Waals surface area contributed by atoms with E-state index < -0.39 is 0 Å². The van der Waals surface area contributed by atoms with E-state index in [-0.39, 0.29) is 17.4 Å². The largest absolute Gasteiger partial charge is 0.355 e. The molecular weight excluding hydrogens is 248 g/mol. The van der Waals surface area contributed by atoms with Gasteiger partial charge in [-0.3, -0.25) is 9.89 Å². The van der Waals surface area contributed by atoms with Crippen LogP contribution in [0.4, 0.5) is 0 Å². The highest BCUT2D eigenvalue weighted by Crippen LogP contribution is 2.12. The summed E-state index contributed by atoms with van der Waals surface area (Å²) in [6, 6.07) is 0.268. The quantitative estimate of drug-likeness (QED) is 0.825. The molecule has 6 heteroatoms. The minimum Gasteiger partial charge on any atom is -0.355 e. The van der Waals surface area contributed by atoms with Gasteiger partial charge in [0.1, 0.15) is 5.82 Å². The molecule has 0 bridgehead atoms. The van der Waals surface area contributed by atoms with E-state index in [9.17, 15) is 4.79 Å². The molecule has 1 amide bonds. The fraction of sp³-hybridized carbons (Fsp3) is 0.750. The van der Waals surface area contributed by atoms with Crippen LogP contribution in [0.3, 0.4) is 0 Å². The highest BCUT2D eigenvalue weighted by molar-refractivity contribution is 7.71. The van der Waals surface area contributed by atoms with Crippen LogP contribution in [0.1, 0.15) is 46.5 Å². The van der Waals surface area contributed by atoms with Crippen LogP contribution in [0.25, 0.3) is 0 Å². The van der Waals surface area contributed by atoms with Crippen LogP contribution in [-0.4, -0.2) is 27.2 Å². The van der Waals surface area contributed by atoms with Gasteiger partial charge < -0.3 is 9.88 Å². The Hall–Kier alpha value is -1.17. The third kappa shape index (κ3) is 3.66. The zero-order chi connectivity index (χ0) is 13.9. The molecule has 0 aromatic carbocycles. The third-order valence-corrected chi connectivity index (χ3v) is 2.90. The lowest BCUT2D eigenvalue weighted by Crippen LogP contribution is -2.36. The van der Waals surface area contributed by atoms with Crippen molar-refractivity contribution in [3.8, 4) is 0 Å². The number of aromatic nitrogens is 3. The second kappa shape index (κ2) is 5.65. The Bertz CT molecular complexity index is 467. The Morgan fingerprint density at radius 2 is 2.11 bits per heavy atom. The van der Waals surface area contributed by atoms with E-state index in [2.05, 4.69) is 29.4 Å². The fourth-order valence-corrected chi connectivity index (χ4v) is 1.96. The number of carbonyl (C=O) groups is 1. The molecule has 2 N–H and O–H groups in total. The molecule has 0 radical (unpaired) electrons. The van der Waals surface area contributed by atoms with Gasteiger partial charge in [0, 0.05) is 24.4 Å². The number of hydrogen-bond donors (Lipinski definition) is 2. The van der Waals surface area contributed by atoms with Crippen LogP contribution < -0.4 is 5.32 Å². The van der Waals surface area contributed by atoms with Crippen LogP contribution in [-0.2, 0) is 11.2 Å². The maximum atomic E-state index is 11.7. The van der Waals surface area contributed by atoms with Crippen LogP contribution in [0, 0.1) is 10.2 Å². The van der Waals surface area contributed by atoms with E-state index in [1.165, 1.54) is 0 Å². The molecule has 1 aromatic rings. The summed E-state index contributed by atoms with van der Waals surface area (Å²) in [6.07, 6.45) is 0.674. The molecule has 0 aliphatic heterocycles. The predicted octanol–water partition coefficient (Wildman–Crippen LogP) is 2.23. The number of aromatic amines is 1. The molecule has 0 saturated carbocycles. The molecule has 0 unspecified atom stereocenters. The number of nitrogens with zero attached hydrogens (tertiary/aromatic N) is 2. The average molecular weight is 270 g/mol. The lowest BCUT2D eigenvalue weighted by Gasteiger charge is -2.17. The number of carbonyl (C=O) groups excluding carboxylic acids is 1. The SMILES string of the molecule is CC(C)n1c(CCNC(=O)C(C)(C)C)n[nH]c1=S. The summed E-state index contributed by atoms with van der Waals surface area (Å²) in [6.45, 7) is 10.4. The fourth-order valence-electron chi connectivity index (χ4n) is 1.60. The molecule has 1 aromatic heterocycles. The molecule has 0 fully saturated rings. The van der Waals surface area contributed by atoms with E-state index in [0.29, 0.717) is 17.7 Å². The first kappa shape index (κ1) is 14.9. The Balaban J connectivity index is 2.60. The van der Waals surface area contributed by atoms with Crippen molar-refractivity contribution in [2.24, 2.45) is 5.41 Å². The van der Waals surface area contributed by atoms with E-state index in [4.69, 9.17) is 12.2 Å². The molecule has 18 heavy (non-hydrogen) atoms. The van der Waals surface area contributed by atoms with Crippen molar-refractivity contribution in [1.82, 2.24) is 20.1 Å². The van der Waals surface area contributed by atoms with Gasteiger partial charge in [0.2, 0.25) is 5.91 Å². The van der Waals surface area contributed by atoms with Crippen molar-refractivity contribution in [3.05, 3.63) is 10.6 Å². The van der Waals surface area contributed by atoms with Gasteiger partial charge in [0.25, 0.3) is 0 Å². The van der Waals surface area contributed by atoms with Gasteiger partial charge in [-0.1, -0.05) is 20.8 Å². The van der Waals surface area contributed by atoms with Crippen molar-refractivity contribution in [2.45, 2.75) is 47.1 Å². The topological polar surface area (TPSA) is 62.7 Å². The minimum absolute atomic E-state index is 0.0488. The van der Waals surface area contributed by atoms with Gasteiger partial charge in [-0.15, -0.1) is 0 Å². The lowest BCUT2D eigenvalue weighted by molar-refractivity contribution is -0.128. The van der Waals surface area contributed by atoms with E-state index in [1.54, 1.807) is 0 Å². The first-order valence-electron chi connectivity index (χ1n) is 6.17. The van der Waals surface area contributed by atoms with Gasteiger partial charge >= 0.3 is 0 Å². The highest BCUT2D eigenvalue weighted by Gasteiger charge is 2.20. The van der Waals surface area contributed by atoms with Gasteiger partial charge in [-0.2, -0.15) is 5.10 Å². The molecule has 0 saturated heterocycles. The number of nitrogens with one attached hydrogen (secondary N) is 2. The van der Waals surface area contributed by atoms with Gasteiger partial charge in [0.15, 0.2) is 4.77 Å². The zero-order valence-corrected chi connectivity index (χ0v) is 12.5. The summed E-state index contributed by atoms with van der Waals surface area (Å²) in [4.78, 5) is 11.7. The number of amides is 1. The van der Waals surface area contributed by atoms with Crippen LogP contribution in [0.2, 0.25) is 0 Å². The molecule has 0 aliphatic rings. The zero-order valence-electron chi connectivity index (χ0n) is 11.7. The van der Waals surface area contributed by atoms with Crippen molar-refractivity contribution < 1.29 is 4.79 Å². The first-order valence-corrected chi connectivity index (χ1v) is 6.58. The third-order valence-electron chi connectivity index (χ3n) is 2.61. The summed E-state index contributed by atoms with van der Waals surface area (Å²) in [5.74, 6) is 0.928. The predicted molar refractivity (Wildman–Crippen MR) is 74.0 cm³/mol.